The van der Waals surface area contributed by atoms with Crippen molar-refractivity contribution in [1.29, 1.82) is 0 Å². The van der Waals surface area contributed by atoms with Gasteiger partial charge in [-0.25, -0.2) is 0 Å². The molecule has 4 N–H and O–H groups in total. The van der Waals surface area contributed by atoms with E-state index < -0.39 is 6.10 Å². The van der Waals surface area contributed by atoms with Gasteiger partial charge in [-0.3, -0.25) is 0 Å². The Labute approximate surface area is 139 Å². The first kappa shape index (κ1) is 16.3. The molecule has 2 aromatic carbocycles. The van der Waals surface area contributed by atoms with Gasteiger partial charge in [-0.2, -0.15) is 0 Å². The molecule has 2 atom stereocenters. The van der Waals surface area contributed by atoms with Crippen molar-refractivity contribution in [3.05, 3.63) is 41.5 Å². The largest absolute Gasteiger partial charge is 0.508 e. The number of ether oxygens (including phenoxy) is 2. The molecule has 24 heavy (non-hydrogen) atoms. The molecule has 0 fully saturated rings. The summed E-state index contributed by atoms with van der Waals surface area (Å²) in [4.78, 5) is 0. The number of phenolic OH excluding ortho intramolecular Hbond substituents is 4. The van der Waals surface area contributed by atoms with Gasteiger partial charge in [0.25, 0.3) is 0 Å². The van der Waals surface area contributed by atoms with Crippen LogP contribution in [0.5, 0.6) is 28.7 Å². The van der Waals surface area contributed by atoms with Crippen LogP contribution in [0.3, 0.4) is 0 Å². The molecule has 128 valence electrons. The van der Waals surface area contributed by atoms with Crippen LogP contribution in [0.1, 0.15) is 30.6 Å². The van der Waals surface area contributed by atoms with Crippen LogP contribution in [0.2, 0.25) is 0 Å². The fraction of sp³-hybridized carbons (Fsp3) is 0.333. The van der Waals surface area contributed by atoms with E-state index in [1.807, 2.05) is 6.92 Å². The first-order chi connectivity index (χ1) is 11.5. The maximum absolute atomic E-state index is 10.0. The van der Waals surface area contributed by atoms with E-state index in [-0.39, 0.29) is 29.1 Å². The van der Waals surface area contributed by atoms with Gasteiger partial charge >= 0.3 is 0 Å². The van der Waals surface area contributed by atoms with Gasteiger partial charge in [-0.1, -0.05) is 13.0 Å². The Balaban J connectivity index is 1.99. The maximum Gasteiger partial charge on any atom is 0.157 e. The Morgan fingerprint density at radius 3 is 2.54 bits per heavy atom. The molecule has 2 unspecified atom stereocenters. The molecule has 0 aliphatic carbocycles. The van der Waals surface area contributed by atoms with E-state index in [1.54, 1.807) is 6.07 Å². The number of hydrogen-bond acceptors (Lipinski definition) is 6. The number of aromatic hydroxyl groups is 4. The normalized spacial score (nSPS) is 19.5. The average Bonchev–Trinajstić information content (AvgIpc) is 2.55. The van der Waals surface area contributed by atoms with Crippen molar-refractivity contribution >= 4 is 0 Å². The van der Waals surface area contributed by atoms with E-state index in [2.05, 4.69) is 0 Å². The zero-order valence-corrected chi connectivity index (χ0v) is 13.3. The molecule has 0 saturated carbocycles. The van der Waals surface area contributed by atoms with Crippen molar-refractivity contribution < 1.29 is 29.9 Å². The number of benzene rings is 2. The summed E-state index contributed by atoms with van der Waals surface area (Å²) in [7, 11) is 0. The highest BCUT2D eigenvalue weighted by molar-refractivity contribution is 5.52. The third-order valence-electron chi connectivity index (χ3n) is 4.03. The highest BCUT2D eigenvalue weighted by Crippen LogP contribution is 2.43. The summed E-state index contributed by atoms with van der Waals surface area (Å²) in [5.74, 6) is -0.207. The van der Waals surface area contributed by atoms with Crippen LogP contribution in [0, 0.1) is 0 Å². The summed E-state index contributed by atoms with van der Waals surface area (Å²) in [6.07, 6.45) is 0.347. The highest BCUT2D eigenvalue weighted by Gasteiger charge is 2.34. The molecule has 0 amide bonds. The minimum absolute atomic E-state index is 0.0397. The van der Waals surface area contributed by atoms with E-state index in [4.69, 9.17) is 9.47 Å². The summed E-state index contributed by atoms with van der Waals surface area (Å²) in [6, 6.07) is 7.18. The molecule has 0 saturated heterocycles. The number of phenols is 4. The van der Waals surface area contributed by atoms with Crippen LogP contribution in [0.25, 0.3) is 0 Å². The minimum atomic E-state index is -0.531. The Morgan fingerprint density at radius 2 is 1.83 bits per heavy atom. The van der Waals surface area contributed by atoms with Gasteiger partial charge < -0.3 is 29.9 Å². The third-order valence-corrected chi connectivity index (χ3v) is 4.03. The lowest BCUT2D eigenvalue weighted by Crippen LogP contribution is -2.33. The average molecular weight is 332 g/mol. The maximum atomic E-state index is 10.0. The van der Waals surface area contributed by atoms with Crippen molar-refractivity contribution in [1.82, 2.24) is 0 Å². The Morgan fingerprint density at radius 1 is 1.04 bits per heavy atom. The predicted molar refractivity (Wildman–Crippen MR) is 86.6 cm³/mol. The SMILES string of the molecule is CCCOC1Cc2c(O)cc(O)cc2OC1c1ccc(O)c(O)c1. The molecule has 1 heterocycles. The van der Waals surface area contributed by atoms with E-state index in [0.717, 1.165) is 6.42 Å². The predicted octanol–water partition coefficient (Wildman–Crippen LogP) is 2.98. The van der Waals surface area contributed by atoms with Crippen LogP contribution in [-0.4, -0.2) is 33.1 Å². The zero-order chi connectivity index (χ0) is 17.3. The third kappa shape index (κ3) is 3.05. The quantitative estimate of drug-likeness (QED) is 0.642. The summed E-state index contributed by atoms with van der Waals surface area (Å²) in [6.45, 7) is 2.53. The molecule has 1 aliphatic heterocycles. The van der Waals surface area contributed by atoms with Crippen LogP contribution in [0.4, 0.5) is 0 Å². The number of rotatable bonds is 4. The monoisotopic (exact) mass is 332 g/mol. The fourth-order valence-corrected chi connectivity index (χ4v) is 2.86. The van der Waals surface area contributed by atoms with Crippen molar-refractivity contribution in [3.63, 3.8) is 0 Å². The standard InChI is InChI=1S/C18H20O6/c1-2-5-23-17-9-12-14(21)7-11(19)8-16(12)24-18(17)10-3-4-13(20)15(22)6-10/h3-4,6-8,17-22H,2,5,9H2,1H3. The molecule has 1 aliphatic rings. The van der Waals surface area contributed by atoms with Gasteiger partial charge in [-0.15, -0.1) is 0 Å². The lowest BCUT2D eigenvalue weighted by molar-refractivity contribution is -0.0379. The van der Waals surface area contributed by atoms with E-state index in [9.17, 15) is 20.4 Å². The Hall–Kier alpha value is -2.60. The van der Waals surface area contributed by atoms with Crippen molar-refractivity contribution in [2.75, 3.05) is 6.61 Å². The smallest absolute Gasteiger partial charge is 0.157 e. The van der Waals surface area contributed by atoms with Gasteiger partial charge in [0.15, 0.2) is 17.6 Å². The van der Waals surface area contributed by atoms with Crippen molar-refractivity contribution in [3.8, 4) is 28.7 Å². The number of hydrogen-bond donors (Lipinski definition) is 4. The van der Waals surface area contributed by atoms with Crippen LogP contribution in [-0.2, 0) is 11.2 Å². The van der Waals surface area contributed by atoms with E-state index in [1.165, 1.54) is 24.3 Å². The minimum Gasteiger partial charge on any atom is -0.508 e. The summed E-state index contributed by atoms with van der Waals surface area (Å²) in [5.41, 5.74) is 1.22. The van der Waals surface area contributed by atoms with Gasteiger partial charge in [-0.05, 0) is 24.1 Å². The molecule has 2 aromatic rings. The summed E-state index contributed by atoms with van der Waals surface area (Å²) >= 11 is 0. The van der Waals surface area contributed by atoms with Crippen molar-refractivity contribution in [2.24, 2.45) is 0 Å². The van der Waals surface area contributed by atoms with Crippen LogP contribution in [0.15, 0.2) is 30.3 Å². The van der Waals surface area contributed by atoms with Crippen LogP contribution < -0.4 is 4.74 Å². The molecule has 0 spiro atoms. The molecule has 3 rings (SSSR count). The fourth-order valence-electron chi connectivity index (χ4n) is 2.86. The molecule has 6 heteroatoms. The van der Waals surface area contributed by atoms with Gasteiger partial charge in [0.2, 0.25) is 0 Å². The van der Waals surface area contributed by atoms with Gasteiger partial charge in [0, 0.05) is 30.7 Å². The highest BCUT2D eigenvalue weighted by atomic mass is 16.5. The molecular formula is C18H20O6. The van der Waals surface area contributed by atoms with Gasteiger partial charge in [0.1, 0.15) is 23.4 Å². The zero-order valence-electron chi connectivity index (χ0n) is 13.3. The Kier molecular flexibility index (Phi) is 4.40. The second-order valence-corrected chi connectivity index (χ2v) is 5.84. The topological polar surface area (TPSA) is 99.4 Å². The summed E-state index contributed by atoms with van der Waals surface area (Å²) in [5, 5.41) is 39.0. The number of fused-ring (bicyclic) bond motifs is 1. The first-order valence-corrected chi connectivity index (χ1v) is 7.84. The lowest BCUT2D eigenvalue weighted by Gasteiger charge is -2.34. The molecule has 0 radical (unpaired) electrons. The second kappa shape index (κ2) is 6.49. The molecule has 6 nitrogen and oxygen atoms in total. The first-order valence-electron chi connectivity index (χ1n) is 7.84. The lowest BCUT2D eigenvalue weighted by atomic mass is 9.93. The van der Waals surface area contributed by atoms with Crippen LogP contribution >= 0.6 is 0 Å². The second-order valence-electron chi connectivity index (χ2n) is 5.84. The molecule has 0 bridgehead atoms. The van der Waals surface area contributed by atoms with E-state index >= 15 is 0 Å². The summed E-state index contributed by atoms with van der Waals surface area (Å²) < 4.78 is 11.8. The van der Waals surface area contributed by atoms with Gasteiger partial charge in [0.05, 0.1) is 0 Å². The van der Waals surface area contributed by atoms with E-state index in [0.29, 0.717) is 29.9 Å². The Bertz CT molecular complexity index is 743. The molecular weight excluding hydrogens is 312 g/mol. The van der Waals surface area contributed by atoms with Crippen molar-refractivity contribution in [2.45, 2.75) is 32.0 Å². The molecule has 0 aromatic heterocycles.